The zero-order chi connectivity index (χ0) is 12.8. The predicted molar refractivity (Wildman–Crippen MR) is 72.2 cm³/mol. The summed E-state index contributed by atoms with van der Waals surface area (Å²) < 4.78 is 25.7. The molecule has 7 heteroatoms. The lowest BCUT2D eigenvalue weighted by atomic mass is 10.1. The maximum atomic E-state index is 11.4. The summed E-state index contributed by atoms with van der Waals surface area (Å²) in [5.74, 6) is 0.491. The Morgan fingerprint density at radius 3 is 2.72 bits per heavy atom. The van der Waals surface area contributed by atoms with Crippen molar-refractivity contribution in [3.63, 3.8) is 0 Å². The molecule has 1 aliphatic heterocycles. The maximum absolute atomic E-state index is 11.4. The van der Waals surface area contributed by atoms with Crippen LogP contribution in [-0.2, 0) is 9.84 Å². The van der Waals surface area contributed by atoms with E-state index in [1.165, 1.54) is 0 Å². The van der Waals surface area contributed by atoms with Crippen LogP contribution in [0.25, 0.3) is 11.0 Å². The van der Waals surface area contributed by atoms with Gasteiger partial charge in [0.25, 0.3) is 0 Å². The maximum Gasteiger partial charge on any atom is 0.150 e. The number of sulfone groups is 1. The Hall–Kier alpha value is -0.950. The molecule has 1 saturated heterocycles. The predicted octanol–water partition coefficient (Wildman–Crippen LogP) is 1.94. The van der Waals surface area contributed by atoms with Gasteiger partial charge in [-0.05, 0) is 31.0 Å². The SMILES string of the molecule is O=S1(=O)CCC(n2nnc3cc(Br)ccc32)CC1. The molecule has 0 radical (unpaired) electrons. The summed E-state index contributed by atoms with van der Waals surface area (Å²) in [6.07, 6.45) is 1.24. The minimum Gasteiger partial charge on any atom is -0.242 e. The summed E-state index contributed by atoms with van der Waals surface area (Å²) in [5.41, 5.74) is 1.79. The molecule has 0 aliphatic carbocycles. The molecule has 18 heavy (non-hydrogen) atoms. The molecule has 0 spiro atoms. The first kappa shape index (κ1) is 12.1. The second kappa shape index (κ2) is 4.31. The number of nitrogens with zero attached hydrogens (tertiary/aromatic N) is 3. The van der Waals surface area contributed by atoms with Crippen molar-refractivity contribution in [3.8, 4) is 0 Å². The Morgan fingerprint density at radius 2 is 2.00 bits per heavy atom. The lowest BCUT2D eigenvalue weighted by molar-refractivity contribution is 0.415. The van der Waals surface area contributed by atoms with Gasteiger partial charge < -0.3 is 0 Å². The molecule has 2 aromatic rings. The summed E-state index contributed by atoms with van der Waals surface area (Å²) in [6.45, 7) is 0. The van der Waals surface area contributed by atoms with Gasteiger partial charge in [0.05, 0.1) is 23.1 Å². The Bertz CT molecular complexity index is 681. The fourth-order valence-corrected chi connectivity index (χ4v) is 4.12. The van der Waals surface area contributed by atoms with Crippen molar-refractivity contribution >= 4 is 36.8 Å². The Balaban J connectivity index is 1.96. The van der Waals surface area contributed by atoms with Crippen LogP contribution in [0.2, 0.25) is 0 Å². The van der Waals surface area contributed by atoms with Crippen molar-refractivity contribution in [1.82, 2.24) is 15.0 Å². The van der Waals surface area contributed by atoms with Gasteiger partial charge in [0.1, 0.15) is 15.4 Å². The Morgan fingerprint density at radius 1 is 1.28 bits per heavy atom. The van der Waals surface area contributed by atoms with Gasteiger partial charge in [-0.3, -0.25) is 0 Å². The molecule has 3 rings (SSSR count). The average Bonchev–Trinajstić information content (AvgIpc) is 2.72. The summed E-state index contributed by atoms with van der Waals surface area (Å²) in [6, 6.07) is 5.96. The number of benzene rings is 1. The van der Waals surface area contributed by atoms with E-state index in [4.69, 9.17) is 0 Å². The van der Waals surface area contributed by atoms with E-state index in [1.807, 2.05) is 22.9 Å². The van der Waals surface area contributed by atoms with Crippen LogP contribution < -0.4 is 0 Å². The molecule has 0 saturated carbocycles. The Labute approximate surface area is 113 Å². The van der Waals surface area contributed by atoms with Crippen LogP contribution in [0.4, 0.5) is 0 Å². The number of hydrogen-bond acceptors (Lipinski definition) is 4. The summed E-state index contributed by atoms with van der Waals surface area (Å²) in [7, 11) is -2.84. The summed E-state index contributed by atoms with van der Waals surface area (Å²) >= 11 is 3.40. The topological polar surface area (TPSA) is 64.8 Å². The third kappa shape index (κ3) is 2.16. The third-order valence-electron chi connectivity index (χ3n) is 3.30. The number of halogens is 1. The standard InChI is InChI=1S/C11H12BrN3O2S/c12-8-1-2-11-10(7-8)13-14-15(11)9-3-5-18(16,17)6-4-9/h1-2,7,9H,3-6H2. The minimum atomic E-state index is -2.84. The quantitative estimate of drug-likeness (QED) is 0.802. The molecule has 0 bridgehead atoms. The van der Waals surface area contributed by atoms with Gasteiger partial charge in [-0.15, -0.1) is 5.10 Å². The molecule has 1 fully saturated rings. The highest BCUT2D eigenvalue weighted by molar-refractivity contribution is 9.10. The van der Waals surface area contributed by atoms with E-state index in [0.717, 1.165) is 15.5 Å². The number of hydrogen-bond donors (Lipinski definition) is 0. The molecule has 0 N–H and O–H groups in total. The second-order valence-electron chi connectivity index (χ2n) is 4.55. The zero-order valence-electron chi connectivity index (χ0n) is 9.58. The fraction of sp³-hybridized carbons (Fsp3) is 0.455. The van der Waals surface area contributed by atoms with Gasteiger partial charge in [-0.1, -0.05) is 21.1 Å². The van der Waals surface area contributed by atoms with Crippen LogP contribution in [0.3, 0.4) is 0 Å². The summed E-state index contributed by atoms with van der Waals surface area (Å²) in [4.78, 5) is 0. The monoisotopic (exact) mass is 329 g/mol. The van der Waals surface area contributed by atoms with Crippen molar-refractivity contribution in [2.45, 2.75) is 18.9 Å². The van der Waals surface area contributed by atoms with E-state index < -0.39 is 9.84 Å². The molecule has 1 aromatic carbocycles. The van der Waals surface area contributed by atoms with E-state index in [9.17, 15) is 8.42 Å². The highest BCUT2D eigenvalue weighted by atomic mass is 79.9. The first-order chi connectivity index (χ1) is 8.55. The first-order valence-electron chi connectivity index (χ1n) is 5.76. The molecule has 2 heterocycles. The lowest BCUT2D eigenvalue weighted by Crippen LogP contribution is -2.26. The van der Waals surface area contributed by atoms with Crippen molar-refractivity contribution < 1.29 is 8.42 Å². The van der Waals surface area contributed by atoms with Crippen LogP contribution >= 0.6 is 15.9 Å². The highest BCUT2D eigenvalue weighted by Crippen LogP contribution is 2.27. The second-order valence-corrected chi connectivity index (χ2v) is 7.77. The Kier molecular flexibility index (Phi) is 2.90. The van der Waals surface area contributed by atoms with E-state index in [0.29, 0.717) is 12.8 Å². The van der Waals surface area contributed by atoms with E-state index >= 15 is 0 Å². The number of rotatable bonds is 1. The number of fused-ring (bicyclic) bond motifs is 1. The molecule has 5 nitrogen and oxygen atoms in total. The molecule has 0 unspecified atom stereocenters. The number of aromatic nitrogens is 3. The van der Waals surface area contributed by atoms with Crippen LogP contribution in [0.15, 0.2) is 22.7 Å². The van der Waals surface area contributed by atoms with Gasteiger partial charge in [-0.25, -0.2) is 13.1 Å². The zero-order valence-corrected chi connectivity index (χ0v) is 12.0. The van der Waals surface area contributed by atoms with Gasteiger partial charge in [0, 0.05) is 4.47 Å². The molecular weight excluding hydrogens is 318 g/mol. The molecule has 96 valence electrons. The fourth-order valence-electron chi connectivity index (χ4n) is 2.31. The van der Waals surface area contributed by atoms with Crippen LogP contribution in [0, 0.1) is 0 Å². The van der Waals surface area contributed by atoms with Crippen LogP contribution in [-0.4, -0.2) is 34.9 Å². The van der Waals surface area contributed by atoms with Crippen molar-refractivity contribution in [1.29, 1.82) is 0 Å². The van der Waals surface area contributed by atoms with Crippen molar-refractivity contribution in [2.24, 2.45) is 0 Å². The van der Waals surface area contributed by atoms with Gasteiger partial charge in [0.15, 0.2) is 0 Å². The first-order valence-corrected chi connectivity index (χ1v) is 8.37. The van der Waals surface area contributed by atoms with Gasteiger partial charge in [-0.2, -0.15) is 0 Å². The normalized spacial score (nSPS) is 20.3. The van der Waals surface area contributed by atoms with Gasteiger partial charge >= 0.3 is 0 Å². The highest BCUT2D eigenvalue weighted by Gasteiger charge is 2.26. The largest absolute Gasteiger partial charge is 0.242 e. The molecular formula is C11H12BrN3O2S. The summed E-state index contributed by atoms with van der Waals surface area (Å²) in [5, 5.41) is 8.28. The van der Waals surface area contributed by atoms with Crippen molar-refractivity contribution in [3.05, 3.63) is 22.7 Å². The van der Waals surface area contributed by atoms with Crippen LogP contribution in [0.5, 0.6) is 0 Å². The van der Waals surface area contributed by atoms with Crippen molar-refractivity contribution in [2.75, 3.05) is 11.5 Å². The molecule has 1 aliphatic rings. The molecule has 1 aromatic heterocycles. The molecule has 0 amide bonds. The van der Waals surface area contributed by atoms with E-state index in [2.05, 4.69) is 26.2 Å². The molecule has 0 atom stereocenters. The minimum absolute atomic E-state index is 0.139. The van der Waals surface area contributed by atoms with E-state index in [1.54, 1.807) is 0 Å². The van der Waals surface area contributed by atoms with E-state index in [-0.39, 0.29) is 17.5 Å². The van der Waals surface area contributed by atoms with Crippen LogP contribution in [0.1, 0.15) is 18.9 Å². The lowest BCUT2D eigenvalue weighted by Gasteiger charge is -2.22. The smallest absolute Gasteiger partial charge is 0.150 e. The van der Waals surface area contributed by atoms with Gasteiger partial charge in [0.2, 0.25) is 0 Å². The third-order valence-corrected chi connectivity index (χ3v) is 5.51. The average molecular weight is 330 g/mol.